The van der Waals surface area contributed by atoms with Crippen LogP contribution >= 0.6 is 0 Å². The molecule has 13 heteroatoms. The smallest absolute Gasteiger partial charge is 0.280 e. The van der Waals surface area contributed by atoms with Crippen molar-refractivity contribution in [1.29, 1.82) is 0 Å². The van der Waals surface area contributed by atoms with Crippen LogP contribution in [-0.2, 0) is 13.2 Å². The molecular formula is C23H23F3N8O2. The minimum atomic E-state index is -2.82. The van der Waals surface area contributed by atoms with Gasteiger partial charge in [-0.3, -0.25) is 4.98 Å². The number of aliphatic hydroxyl groups is 1. The molecule has 4 rings (SSSR count). The first kappa shape index (κ1) is 25.0. The quantitative estimate of drug-likeness (QED) is 0.372. The van der Waals surface area contributed by atoms with Gasteiger partial charge in [0.2, 0.25) is 11.8 Å². The molecule has 10 nitrogen and oxygen atoms in total. The predicted molar refractivity (Wildman–Crippen MR) is 123 cm³/mol. The van der Waals surface area contributed by atoms with Gasteiger partial charge in [0, 0.05) is 11.3 Å². The van der Waals surface area contributed by atoms with E-state index in [0.29, 0.717) is 16.8 Å². The molecule has 0 unspecified atom stereocenters. The molecule has 3 aromatic heterocycles. The lowest BCUT2D eigenvalue weighted by atomic mass is 9.99. The van der Waals surface area contributed by atoms with E-state index in [4.69, 9.17) is 10.5 Å². The molecule has 0 atom stereocenters. The summed E-state index contributed by atoms with van der Waals surface area (Å²) in [5.41, 5.74) is 6.04. The maximum Gasteiger partial charge on any atom is 0.280 e. The highest BCUT2D eigenvalue weighted by molar-refractivity contribution is 5.85. The summed E-state index contributed by atoms with van der Waals surface area (Å²) in [6.45, 7) is 4.70. The third-order valence-electron chi connectivity index (χ3n) is 4.98. The first-order valence-electron chi connectivity index (χ1n) is 10.8. The second-order valence-electron chi connectivity index (χ2n) is 8.69. The number of rotatable bonds is 8. The van der Waals surface area contributed by atoms with Gasteiger partial charge in [-0.25, -0.2) is 22.8 Å². The van der Waals surface area contributed by atoms with E-state index in [1.54, 1.807) is 26.8 Å². The van der Waals surface area contributed by atoms with Crippen molar-refractivity contribution in [2.45, 2.75) is 45.9 Å². The van der Waals surface area contributed by atoms with E-state index in [0.717, 1.165) is 0 Å². The molecular weight excluding hydrogens is 477 g/mol. The Morgan fingerprint density at radius 1 is 1.08 bits per heavy atom. The zero-order valence-electron chi connectivity index (χ0n) is 19.7. The summed E-state index contributed by atoms with van der Waals surface area (Å²) < 4.78 is 48.0. The third-order valence-corrected chi connectivity index (χ3v) is 4.98. The average molecular weight is 500 g/mol. The number of nitrogens with zero attached hydrogens (tertiary/aromatic N) is 7. The van der Waals surface area contributed by atoms with Gasteiger partial charge < -0.3 is 15.6 Å². The van der Waals surface area contributed by atoms with Crippen LogP contribution in [-0.4, -0.2) is 45.9 Å². The highest BCUT2D eigenvalue weighted by Gasteiger charge is 2.23. The number of tetrazole rings is 1. The first-order valence-corrected chi connectivity index (χ1v) is 10.8. The molecule has 0 spiro atoms. The van der Waals surface area contributed by atoms with Crippen LogP contribution in [0.4, 0.5) is 19.1 Å². The van der Waals surface area contributed by atoms with Crippen LogP contribution in [0.3, 0.4) is 0 Å². The van der Waals surface area contributed by atoms with Crippen molar-refractivity contribution >= 4 is 5.95 Å². The van der Waals surface area contributed by atoms with Crippen LogP contribution in [0.2, 0.25) is 0 Å². The highest BCUT2D eigenvalue weighted by atomic mass is 19.3. The summed E-state index contributed by atoms with van der Waals surface area (Å²) in [5.74, 6) is -0.352. The topological polar surface area (TPSA) is 138 Å². The minimum absolute atomic E-state index is 0.0227. The molecule has 4 aromatic rings. The van der Waals surface area contributed by atoms with Crippen LogP contribution in [0.15, 0.2) is 36.4 Å². The summed E-state index contributed by atoms with van der Waals surface area (Å²) in [4.78, 5) is 12.4. The van der Waals surface area contributed by atoms with Crippen LogP contribution in [0.5, 0.6) is 5.88 Å². The van der Waals surface area contributed by atoms with Gasteiger partial charge in [0.25, 0.3) is 6.43 Å². The van der Waals surface area contributed by atoms with Crippen LogP contribution in [0.25, 0.3) is 22.4 Å². The number of anilines is 1. The number of nitrogens with two attached hydrogens (primary N) is 1. The van der Waals surface area contributed by atoms with E-state index >= 15 is 0 Å². The van der Waals surface area contributed by atoms with Crippen molar-refractivity contribution in [1.82, 2.24) is 35.2 Å². The molecule has 0 aliphatic heterocycles. The van der Waals surface area contributed by atoms with Crippen molar-refractivity contribution in [2.24, 2.45) is 0 Å². The van der Waals surface area contributed by atoms with E-state index in [9.17, 15) is 18.3 Å². The second kappa shape index (κ2) is 9.85. The molecule has 0 aliphatic carbocycles. The molecule has 0 amide bonds. The average Bonchev–Trinajstić information content (AvgIpc) is 3.22. The maximum atomic E-state index is 13.6. The largest absolute Gasteiger partial charge is 0.469 e. The van der Waals surface area contributed by atoms with E-state index in [1.807, 2.05) is 0 Å². The summed E-state index contributed by atoms with van der Waals surface area (Å²) in [5, 5.41) is 21.5. The summed E-state index contributed by atoms with van der Waals surface area (Å²) in [7, 11) is 0. The molecule has 0 saturated heterocycles. The highest BCUT2D eigenvalue weighted by Crippen LogP contribution is 2.39. The van der Waals surface area contributed by atoms with Crippen LogP contribution in [0, 0.1) is 12.7 Å². The van der Waals surface area contributed by atoms with Gasteiger partial charge in [0.05, 0.1) is 23.4 Å². The monoisotopic (exact) mass is 500 g/mol. The molecule has 3 heterocycles. The molecule has 0 fully saturated rings. The molecule has 0 bridgehead atoms. The molecule has 3 N–H and O–H groups in total. The minimum Gasteiger partial charge on any atom is -0.469 e. The van der Waals surface area contributed by atoms with Crippen molar-refractivity contribution in [3.05, 3.63) is 59.4 Å². The summed E-state index contributed by atoms with van der Waals surface area (Å²) in [6.07, 6.45) is -2.82. The summed E-state index contributed by atoms with van der Waals surface area (Å²) in [6, 6.07) is 8.24. The normalized spacial score (nSPS) is 11.8. The van der Waals surface area contributed by atoms with Gasteiger partial charge in [-0.15, -0.1) is 5.10 Å². The fraction of sp³-hybridized carbons (Fsp3) is 0.304. The standard InChI is InChI=1S/C23H23F3N8O2/c1-12-8-14(9-16(28-12)20(25)26)18-19(13-4-6-15(24)7-5-13)29-22(27)30-21(18)36-10-17-31-32-33-34(17)11-23(2,3)35/h4-9,20,35H,10-11H2,1-3H3,(H2,27,29,30). The molecule has 188 valence electrons. The number of ether oxygens (including phenoxy) is 1. The second-order valence-corrected chi connectivity index (χ2v) is 8.69. The van der Waals surface area contributed by atoms with Crippen molar-refractivity contribution < 1.29 is 23.0 Å². The Balaban J connectivity index is 1.84. The molecule has 0 aliphatic rings. The zero-order valence-corrected chi connectivity index (χ0v) is 19.7. The third kappa shape index (κ3) is 5.74. The van der Waals surface area contributed by atoms with Crippen molar-refractivity contribution in [3.63, 3.8) is 0 Å². The van der Waals surface area contributed by atoms with Gasteiger partial charge in [0.1, 0.15) is 11.5 Å². The van der Waals surface area contributed by atoms with Crippen LogP contribution in [0.1, 0.15) is 37.5 Å². The predicted octanol–water partition coefficient (Wildman–Crippen LogP) is 3.51. The van der Waals surface area contributed by atoms with Crippen LogP contribution < -0.4 is 10.5 Å². The Labute approximate surface area is 204 Å². The Hall–Kier alpha value is -4.13. The fourth-order valence-corrected chi connectivity index (χ4v) is 3.54. The fourth-order valence-electron chi connectivity index (χ4n) is 3.54. The Morgan fingerprint density at radius 3 is 2.47 bits per heavy atom. The molecule has 36 heavy (non-hydrogen) atoms. The SMILES string of the molecule is Cc1cc(-c2c(OCc3nnnn3CC(C)(C)O)nc(N)nc2-c2ccc(F)cc2)cc(C(F)F)n1. The molecule has 1 aromatic carbocycles. The van der Waals surface area contributed by atoms with Gasteiger partial charge in [0.15, 0.2) is 12.4 Å². The molecule has 0 radical (unpaired) electrons. The van der Waals surface area contributed by atoms with Gasteiger partial charge in [-0.05, 0) is 73.2 Å². The lowest BCUT2D eigenvalue weighted by molar-refractivity contribution is 0.0550. The number of hydrogen-bond acceptors (Lipinski definition) is 9. The van der Waals surface area contributed by atoms with E-state index in [-0.39, 0.29) is 42.1 Å². The number of nitrogen functional groups attached to an aromatic ring is 1. The zero-order chi connectivity index (χ0) is 26.0. The maximum absolute atomic E-state index is 13.6. The number of benzene rings is 1. The van der Waals surface area contributed by atoms with E-state index in [1.165, 1.54) is 35.0 Å². The Bertz CT molecular complexity index is 1370. The lowest BCUT2D eigenvalue weighted by Crippen LogP contribution is -2.28. The Morgan fingerprint density at radius 2 is 1.81 bits per heavy atom. The van der Waals surface area contributed by atoms with Crippen molar-refractivity contribution in [3.8, 4) is 28.3 Å². The Kier molecular flexibility index (Phi) is 6.84. The van der Waals surface area contributed by atoms with Crippen molar-refractivity contribution in [2.75, 3.05) is 5.73 Å². The first-order chi connectivity index (χ1) is 17.0. The van der Waals surface area contributed by atoms with Gasteiger partial charge in [-0.1, -0.05) is 0 Å². The van der Waals surface area contributed by atoms with E-state index < -0.39 is 23.5 Å². The number of alkyl halides is 2. The van der Waals surface area contributed by atoms with E-state index in [2.05, 4.69) is 30.5 Å². The van der Waals surface area contributed by atoms with Gasteiger partial charge in [-0.2, -0.15) is 4.98 Å². The number of aromatic nitrogens is 7. The van der Waals surface area contributed by atoms with Gasteiger partial charge >= 0.3 is 0 Å². The number of aryl methyl sites for hydroxylation is 1. The number of hydrogen-bond donors (Lipinski definition) is 2. The number of pyridine rings is 1. The number of halogens is 3. The lowest BCUT2D eigenvalue weighted by Gasteiger charge is -2.18. The molecule has 0 saturated carbocycles. The summed E-state index contributed by atoms with van der Waals surface area (Å²) >= 11 is 0.